The highest BCUT2D eigenvalue weighted by Gasteiger charge is 2.20. The number of hydrogen-bond acceptors (Lipinski definition) is 4. The lowest BCUT2D eigenvalue weighted by molar-refractivity contribution is 0.263. The molecule has 0 amide bonds. The molecule has 0 unspecified atom stereocenters. The fourth-order valence-corrected chi connectivity index (χ4v) is 1.81. The van der Waals surface area contributed by atoms with E-state index in [4.69, 9.17) is 11.7 Å². The van der Waals surface area contributed by atoms with E-state index in [0.29, 0.717) is 23.1 Å². The summed E-state index contributed by atoms with van der Waals surface area (Å²) in [5.41, 5.74) is 1.85. The van der Waals surface area contributed by atoms with Crippen molar-refractivity contribution in [3.63, 3.8) is 0 Å². The van der Waals surface area contributed by atoms with E-state index >= 15 is 0 Å². The molecular weight excluding hydrogens is 232 g/mol. The van der Waals surface area contributed by atoms with E-state index in [2.05, 4.69) is 0 Å². The number of aliphatic hydroxyl groups excluding tert-OH is 1. The summed E-state index contributed by atoms with van der Waals surface area (Å²) in [5, 5.41) is 29.3. The number of methoxy groups -OCH3 is 1. The van der Waals surface area contributed by atoms with Crippen molar-refractivity contribution in [2.75, 3.05) is 7.11 Å². The molecule has 0 heterocycles. The highest BCUT2D eigenvalue weighted by molar-refractivity contribution is 5.61. The number of ether oxygens (including phenoxy) is 1. The van der Waals surface area contributed by atoms with Gasteiger partial charge in [-0.05, 0) is 32.8 Å². The van der Waals surface area contributed by atoms with Crippen molar-refractivity contribution in [3.8, 4) is 17.2 Å². The summed E-state index contributed by atoms with van der Waals surface area (Å²) >= 11 is 0. The molecule has 4 nitrogen and oxygen atoms in total. The van der Waals surface area contributed by atoms with Gasteiger partial charge in [-0.3, -0.25) is 0 Å². The van der Waals surface area contributed by atoms with Crippen LogP contribution in [0.2, 0.25) is 0 Å². The number of aromatic hydroxyl groups is 2. The number of benzene rings is 1. The molecule has 0 spiro atoms. The zero-order valence-electron chi connectivity index (χ0n) is 10.8. The maximum atomic E-state index is 10.1. The van der Waals surface area contributed by atoms with Crippen LogP contribution in [-0.2, 0) is 13.0 Å². The van der Waals surface area contributed by atoms with E-state index in [0.717, 1.165) is 0 Å². The number of phenolic OH excluding ortho intramolecular Hbond substituents is 1. The minimum Gasteiger partial charge on any atom is -0.507 e. The summed E-state index contributed by atoms with van der Waals surface area (Å²) in [5.74, 6) is -0.0433. The molecule has 0 aliphatic carbocycles. The predicted octanol–water partition coefficient (Wildman–Crippen LogP) is 2.11. The quantitative estimate of drug-likeness (QED) is 0.716. The Morgan fingerprint density at radius 2 is 1.89 bits per heavy atom. The SMILES string of the molecule is [CH]C(C)=CCc1c(C)c(O)c(CO)c(OC)c1O. The lowest BCUT2D eigenvalue weighted by atomic mass is 9.97. The van der Waals surface area contributed by atoms with E-state index < -0.39 is 6.61 Å². The van der Waals surface area contributed by atoms with Crippen LogP contribution in [-0.4, -0.2) is 22.4 Å². The van der Waals surface area contributed by atoms with Gasteiger partial charge in [-0.25, -0.2) is 0 Å². The summed E-state index contributed by atoms with van der Waals surface area (Å²) in [6.07, 6.45) is 2.12. The molecule has 3 N–H and O–H groups in total. The maximum absolute atomic E-state index is 10.1. The first-order valence-corrected chi connectivity index (χ1v) is 5.57. The van der Waals surface area contributed by atoms with Gasteiger partial charge in [0.2, 0.25) is 0 Å². The average Bonchev–Trinajstić information content (AvgIpc) is 2.32. The molecular formula is C14H18O4. The Balaban J connectivity index is 3.44. The zero-order valence-corrected chi connectivity index (χ0v) is 10.8. The van der Waals surface area contributed by atoms with Gasteiger partial charge >= 0.3 is 0 Å². The number of rotatable bonds is 4. The molecule has 98 valence electrons. The van der Waals surface area contributed by atoms with Crippen molar-refractivity contribution in [2.45, 2.75) is 26.9 Å². The van der Waals surface area contributed by atoms with Crippen LogP contribution in [0.15, 0.2) is 11.6 Å². The van der Waals surface area contributed by atoms with Gasteiger partial charge in [0.05, 0.1) is 19.3 Å². The third kappa shape index (κ3) is 2.59. The van der Waals surface area contributed by atoms with Crippen LogP contribution >= 0.6 is 0 Å². The summed E-state index contributed by atoms with van der Waals surface area (Å²) in [6.45, 7) is 8.55. The molecule has 0 saturated heterocycles. The molecule has 0 aliphatic heterocycles. The molecule has 0 atom stereocenters. The number of phenols is 2. The van der Waals surface area contributed by atoms with Crippen LogP contribution in [0.4, 0.5) is 0 Å². The van der Waals surface area contributed by atoms with Crippen LogP contribution in [0.3, 0.4) is 0 Å². The molecule has 0 fully saturated rings. The smallest absolute Gasteiger partial charge is 0.170 e. The normalized spacial score (nSPS) is 11.7. The van der Waals surface area contributed by atoms with Crippen LogP contribution < -0.4 is 4.74 Å². The standard InChI is InChI=1S/C14H18O4/c1-8(2)5-6-10-9(3)12(16)11(7-15)14(18-4)13(10)17/h1,5,15-17H,6-7H2,2-4H3. The van der Waals surface area contributed by atoms with Gasteiger partial charge in [0.1, 0.15) is 5.75 Å². The first kappa shape index (κ1) is 14.4. The van der Waals surface area contributed by atoms with Crippen molar-refractivity contribution in [1.82, 2.24) is 0 Å². The summed E-state index contributed by atoms with van der Waals surface area (Å²) in [6, 6.07) is 0. The minimum atomic E-state index is -0.407. The van der Waals surface area contributed by atoms with E-state index in [-0.39, 0.29) is 22.8 Å². The molecule has 0 aliphatic rings. The van der Waals surface area contributed by atoms with E-state index in [9.17, 15) is 15.3 Å². The van der Waals surface area contributed by atoms with Gasteiger partial charge in [0.25, 0.3) is 0 Å². The molecule has 0 bridgehead atoms. The largest absolute Gasteiger partial charge is 0.507 e. The Bertz CT molecular complexity index is 471. The minimum absolute atomic E-state index is 0.0646. The summed E-state index contributed by atoms with van der Waals surface area (Å²) < 4.78 is 5.03. The lowest BCUT2D eigenvalue weighted by Gasteiger charge is -2.17. The highest BCUT2D eigenvalue weighted by Crippen LogP contribution is 2.43. The predicted molar refractivity (Wildman–Crippen MR) is 68.7 cm³/mol. The first-order chi connectivity index (χ1) is 8.43. The lowest BCUT2D eigenvalue weighted by Crippen LogP contribution is -2.00. The fourth-order valence-electron chi connectivity index (χ4n) is 1.81. The van der Waals surface area contributed by atoms with Crippen molar-refractivity contribution in [1.29, 1.82) is 0 Å². The van der Waals surface area contributed by atoms with E-state index in [1.165, 1.54) is 7.11 Å². The van der Waals surface area contributed by atoms with Crippen LogP contribution in [0.5, 0.6) is 17.2 Å². The third-order valence-electron chi connectivity index (χ3n) is 2.86. The van der Waals surface area contributed by atoms with Crippen molar-refractivity contribution >= 4 is 0 Å². The molecule has 0 saturated carbocycles. The maximum Gasteiger partial charge on any atom is 0.170 e. The molecule has 4 heteroatoms. The average molecular weight is 250 g/mol. The third-order valence-corrected chi connectivity index (χ3v) is 2.86. The van der Waals surface area contributed by atoms with Crippen molar-refractivity contribution in [2.24, 2.45) is 0 Å². The molecule has 0 aromatic heterocycles. The number of aliphatic hydroxyl groups is 1. The Morgan fingerprint density at radius 1 is 1.28 bits per heavy atom. The van der Waals surface area contributed by atoms with Crippen LogP contribution in [0.25, 0.3) is 0 Å². The topological polar surface area (TPSA) is 69.9 Å². The van der Waals surface area contributed by atoms with Crippen LogP contribution in [0, 0.1) is 13.8 Å². The summed E-state index contributed by atoms with van der Waals surface area (Å²) in [7, 11) is 1.37. The second-order valence-corrected chi connectivity index (χ2v) is 4.12. The van der Waals surface area contributed by atoms with Crippen molar-refractivity contribution < 1.29 is 20.1 Å². The first-order valence-electron chi connectivity index (χ1n) is 5.57. The number of allylic oxidation sites excluding steroid dienone is 2. The molecule has 18 heavy (non-hydrogen) atoms. The van der Waals surface area contributed by atoms with Gasteiger partial charge in [-0.1, -0.05) is 11.6 Å². The second kappa shape index (κ2) is 5.78. The van der Waals surface area contributed by atoms with E-state index in [1.807, 2.05) is 0 Å². The fraction of sp³-hybridized carbons (Fsp3) is 0.357. The number of hydrogen-bond donors (Lipinski definition) is 3. The molecule has 2 radical (unpaired) electrons. The van der Waals surface area contributed by atoms with Gasteiger partial charge in [-0.2, -0.15) is 0 Å². The molecule has 1 rings (SSSR count). The van der Waals surface area contributed by atoms with Gasteiger partial charge in [-0.15, -0.1) is 0 Å². The Labute approximate surface area is 107 Å². The highest BCUT2D eigenvalue weighted by atomic mass is 16.5. The van der Waals surface area contributed by atoms with Gasteiger partial charge in [0.15, 0.2) is 11.5 Å². The summed E-state index contributed by atoms with van der Waals surface area (Å²) in [4.78, 5) is 0. The Kier molecular flexibility index (Phi) is 4.62. The monoisotopic (exact) mass is 250 g/mol. The van der Waals surface area contributed by atoms with Gasteiger partial charge in [0, 0.05) is 5.56 Å². The Hall–Kier alpha value is -1.68. The van der Waals surface area contributed by atoms with Crippen molar-refractivity contribution in [3.05, 3.63) is 35.3 Å². The zero-order chi connectivity index (χ0) is 13.9. The van der Waals surface area contributed by atoms with E-state index in [1.54, 1.807) is 19.9 Å². The molecule has 1 aromatic carbocycles. The van der Waals surface area contributed by atoms with Crippen LogP contribution in [0.1, 0.15) is 23.6 Å². The second-order valence-electron chi connectivity index (χ2n) is 4.12. The van der Waals surface area contributed by atoms with Gasteiger partial charge < -0.3 is 20.1 Å². The molecule has 1 aromatic rings. The Morgan fingerprint density at radius 3 is 2.33 bits per heavy atom.